The Labute approximate surface area is 172 Å². The first kappa shape index (κ1) is 22.4. The van der Waals surface area contributed by atoms with Crippen molar-refractivity contribution in [3.8, 4) is 11.5 Å². The molecule has 0 aromatic heterocycles. The Bertz CT molecular complexity index is 864. The number of methoxy groups -OCH3 is 1. The molecule has 2 rings (SSSR count). The number of alkyl halides is 2. The molecule has 2 aromatic carbocycles. The molecule has 29 heavy (non-hydrogen) atoms. The molecule has 2 aromatic rings. The molecule has 0 heterocycles. The molecule has 0 fully saturated rings. The van der Waals surface area contributed by atoms with Crippen LogP contribution in [-0.2, 0) is 11.2 Å². The standard InChI is InChI=1S/C20H21ClF2N2O4/c1-12(25-19(27)14-5-3-4-6-15(14)21)18(26)24-10-9-13-7-8-16(29-20(22)23)17(11-13)28-2/h3-8,11-12,20H,9-10H2,1-2H3,(H,24,26)(H,25,27). The van der Waals surface area contributed by atoms with E-state index in [0.717, 1.165) is 5.56 Å². The van der Waals surface area contributed by atoms with Crippen LogP contribution in [0.3, 0.4) is 0 Å². The van der Waals surface area contributed by atoms with Gasteiger partial charge in [-0.3, -0.25) is 9.59 Å². The van der Waals surface area contributed by atoms with Gasteiger partial charge in [0.1, 0.15) is 6.04 Å². The van der Waals surface area contributed by atoms with Crippen LogP contribution in [0.1, 0.15) is 22.8 Å². The fraction of sp³-hybridized carbons (Fsp3) is 0.300. The average Bonchev–Trinajstić information content (AvgIpc) is 2.68. The summed E-state index contributed by atoms with van der Waals surface area (Å²) in [7, 11) is 1.35. The molecule has 0 saturated carbocycles. The minimum Gasteiger partial charge on any atom is -0.493 e. The maximum absolute atomic E-state index is 12.4. The lowest BCUT2D eigenvalue weighted by atomic mass is 10.1. The molecule has 0 aliphatic rings. The van der Waals surface area contributed by atoms with Gasteiger partial charge in [0.25, 0.3) is 5.91 Å². The zero-order chi connectivity index (χ0) is 21.4. The number of benzene rings is 2. The van der Waals surface area contributed by atoms with Crippen LogP contribution in [-0.4, -0.2) is 38.1 Å². The summed E-state index contributed by atoms with van der Waals surface area (Å²) in [5.41, 5.74) is 1.04. The summed E-state index contributed by atoms with van der Waals surface area (Å²) in [6, 6.07) is 10.3. The maximum atomic E-state index is 12.4. The van der Waals surface area contributed by atoms with Gasteiger partial charge in [0, 0.05) is 6.54 Å². The molecule has 0 saturated heterocycles. The van der Waals surface area contributed by atoms with E-state index in [9.17, 15) is 18.4 Å². The van der Waals surface area contributed by atoms with Crippen LogP contribution in [0.4, 0.5) is 8.78 Å². The van der Waals surface area contributed by atoms with Gasteiger partial charge >= 0.3 is 6.61 Å². The molecule has 0 radical (unpaired) electrons. The second-order valence-corrected chi connectivity index (χ2v) is 6.49. The number of ether oxygens (including phenoxy) is 2. The monoisotopic (exact) mass is 426 g/mol. The third-order valence-corrected chi connectivity index (χ3v) is 4.35. The molecular weight excluding hydrogens is 406 g/mol. The normalized spacial score (nSPS) is 11.7. The van der Waals surface area contributed by atoms with E-state index in [1.165, 1.54) is 13.2 Å². The van der Waals surface area contributed by atoms with E-state index in [0.29, 0.717) is 11.4 Å². The molecule has 0 bridgehead atoms. The predicted octanol–water partition coefficient (Wildman–Crippen LogP) is 3.43. The Morgan fingerprint density at radius 2 is 1.86 bits per heavy atom. The molecule has 156 valence electrons. The fourth-order valence-corrected chi connectivity index (χ4v) is 2.75. The molecule has 2 N–H and O–H groups in total. The number of halogens is 3. The van der Waals surface area contributed by atoms with Crippen LogP contribution in [0.15, 0.2) is 42.5 Å². The highest BCUT2D eigenvalue weighted by Gasteiger charge is 2.18. The van der Waals surface area contributed by atoms with Gasteiger partial charge in [-0.25, -0.2) is 0 Å². The molecule has 6 nitrogen and oxygen atoms in total. The van der Waals surface area contributed by atoms with Crippen molar-refractivity contribution in [3.05, 3.63) is 58.6 Å². The van der Waals surface area contributed by atoms with Crippen LogP contribution < -0.4 is 20.1 Å². The maximum Gasteiger partial charge on any atom is 0.387 e. The van der Waals surface area contributed by atoms with E-state index in [2.05, 4.69) is 15.4 Å². The highest BCUT2D eigenvalue weighted by atomic mass is 35.5. The first-order chi connectivity index (χ1) is 13.8. The number of rotatable bonds is 9. The molecular formula is C20H21ClF2N2O4. The Hall–Kier alpha value is -2.87. The van der Waals surface area contributed by atoms with Crippen molar-refractivity contribution in [1.29, 1.82) is 0 Å². The summed E-state index contributed by atoms with van der Waals surface area (Å²) in [5, 5.41) is 5.59. The number of carbonyl (C=O) groups excluding carboxylic acids is 2. The van der Waals surface area contributed by atoms with Crippen molar-refractivity contribution in [3.63, 3.8) is 0 Å². The summed E-state index contributed by atoms with van der Waals surface area (Å²) < 4.78 is 34.1. The van der Waals surface area contributed by atoms with E-state index < -0.39 is 18.6 Å². The molecule has 9 heteroatoms. The zero-order valence-electron chi connectivity index (χ0n) is 15.9. The third kappa shape index (κ3) is 6.60. The Morgan fingerprint density at radius 3 is 2.52 bits per heavy atom. The minimum atomic E-state index is -2.95. The van der Waals surface area contributed by atoms with E-state index >= 15 is 0 Å². The highest BCUT2D eigenvalue weighted by molar-refractivity contribution is 6.33. The van der Waals surface area contributed by atoms with Gasteiger partial charge in [0.2, 0.25) is 5.91 Å². The number of hydrogen-bond acceptors (Lipinski definition) is 4. The number of carbonyl (C=O) groups is 2. The quantitative estimate of drug-likeness (QED) is 0.644. The SMILES string of the molecule is COc1cc(CCNC(=O)C(C)NC(=O)c2ccccc2Cl)ccc1OC(F)F. The van der Waals surface area contributed by atoms with Crippen molar-refractivity contribution in [2.75, 3.05) is 13.7 Å². The molecule has 0 aliphatic carbocycles. The van der Waals surface area contributed by atoms with Gasteiger partial charge in [-0.1, -0.05) is 29.8 Å². The Morgan fingerprint density at radius 1 is 1.14 bits per heavy atom. The summed E-state index contributed by atoms with van der Waals surface area (Å²) in [6.07, 6.45) is 0.433. The summed E-state index contributed by atoms with van der Waals surface area (Å²) in [5.74, 6) is -0.701. The summed E-state index contributed by atoms with van der Waals surface area (Å²) in [4.78, 5) is 24.4. The van der Waals surface area contributed by atoms with Crippen LogP contribution in [0, 0.1) is 0 Å². The molecule has 1 unspecified atom stereocenters. The van der Waals surface area contributed by atoms with Crippen molar-refractivity contribution < 1.29 is 27.8 Å². The smallest absolute Gasteiger partial charge is 0.387 e. The van der Waals surface area contributed by atoms with Crippen LogP contribution in [0.2, 0.25) is 5.02 Å². The van der Waals surface area contributed by atoms with Gasteiger partial charge in [0.05, 0.1) is 17.7 Å². The van der Waals surface area contributed by atoms with Gasteiger partial charge < -0.3 is 20.1 Å². The fourth-order valence-electron chi connectivity index (χ4n) is 2.53. The number of amides is 2. The van der Waals surface area contributed by atoms with E-state index in [4.69, 9.17) is 16.3 Å². The number of nitrogens with one attached hydrogen (secondary N) is 2. The predicted molar refractivity (Wildman–Crippen MR) is 105 cm³/mol. The summed E-state index contributed by atoms with van der Waals surface area (Å²) in [6.45, 7) is -1.11. The number of hydrogen-bond donors (Lipinski definition) is 2. The Kier molecular flexibility index (Phi) is 8.21. The van der Waals surface area contributed by atoms with Gasteiger partial charge in [0.15, 0.2) is 11.5 Å². The first-order valence-electron chi connectivity index (χ1n) is 8.76. The van der Waals surface area contributed by atoms with Crippen molar-refractivity contribution in [2.45, 2.75) is 26.0 Å². The third-order valence-electron chi connectivity index (χ3n) is 4.02. The second-order valence-electron chi connectivity index (χ2n) is 6.08. The van der Waals surface area contributed by atoms with E-state index in [1.54, 1.807) is 43.3 Å². The highest BCUT2D eigenvalue weighted by Crippen LogP contribution is 2.29. The van der Waals surface area contributed by atoms with Crippen molar-refractivity contribution in [1.82, 2.24) is 10.6 Å². The van der Waals surface area contributed by atoms with Crippen LogP contribution >= 0.6 is 11.6 Å². The van der Waals surface area contributed by atoms with E-state index in [-0.39, 0.29) is 29.5 Å². The molecule has 0 aliphatic heterocycles. The van der Waals surface area contributed by atoms with E-state index in [1.807, 2.05) is 0 Å². The molecule has 2 amide bonds. The minimum absolute atomic E-state index is 0.0637. The van der Waals surface area contributed by atoms with Crippen molar-refractivity contribution >= 4 is 23.4 Å². The van der Waals surface area contributed by atoms with Gasteiger partial charge in [-0.05, 0) is 43.2 Å². The lowest BCUT2D eigenvalue weighted by Gasteiger charge is -2.15. The lowest BCUT2D eigenvalue weighted by Crippen LogP contribution is -2.45. The topological polar surface area (TPSA) is 76.7 Å². The summed E-state index contributed by atoms with van der Waals surface area (Å²) >= 11 is 5.98. The largest absolute Gasteiger partial charge is 0.493 e. The van der Waals surface area contributed by atoms with Crippen molar-refractivity contribution in [2.24, 2.45) is 0 Å². The van der Waals surface area contributed by atoms with Crippen LogP contribution in [0.25, 0.3) is 0 Å². The van der Waals surface area contributed by atoms with Gasteiger partial charge in [-0.15, -0.1) is 0 Å². The van der Waals surface area contributed by atoms with Crippen LogP contribution in [0.5, 0.6) is 11.5 Å². The first-order valence-corrected chi connectivity index (χ1v) is 9.14. The lowest BCUT2D eigenvalue weighted by molar-refractivity contribution is -0.122. The molecule has 1 atom stereocenters. The van der Waals surface area contributed by atoms with Gasteiger partial charge in [-0.2, -0.15) is 8.78 Å². The second kappa shape index (κ2) is 10.6. The zero-order valence-corrected chi connectivity index (χ0v) is 16.6. The Balaban J connectivity index is 1.86. The molecule has 0 spiro atoms. The average molecular weight is 427 g/mol.